The van der Waals surface area contributed by atoms with Crippen LogP contribution < -0.4 is 0 Å². The molecule has 0 radical (unpaired) electrons. The second kappa shape index (κ2) is 4.99. The number of aryl methyl sites for hydroxylation is 1. The number of rotatable bonds is 2. The molecule has 4 rings (SSSR count). The van der Waals surface area contributed by atoms with Gasteiger partial charge in [-0.1, -0.05) is 25.0 Å². The minimum atomic E-state index is 0.628. The molecule has 0 aliphatic heterocycles. The maximum atomic E-state index is 4.60. The van der Waals surface area contributed by atoms with Crippen molar-refractivity contribution in [2.24, 2.45) is 0 Å². The van der Waals surface area contributed by atoms with Crippen LogP contribution >= 0.6 is 0 Å². The Morgan fingerprint density at radius 2 is 1.95 bits per heavy atom. The number of benzene rings is 1. The van der Waals surface area contributed by atoms with Crippen LogP contribution in [0.15, 0.2) is 36.5 Å². The van der Waals surface area contributed by atoms with Crippen LogP contribution in [0.25, 0.3) is 22.2 Å². The van der Waals surface area contributed by atoms with Crippen molar-refractivity contribution in [3.63, 3.8) is 0 Å². The molecule has 0 unspecified atom stereocenters. The highest BCUT2D eigenvalue weighted by atomic mass is 14.9. The quantitative estimate of drug-likeness (QED) is 0.744. The minimum Gasteiger partial charge on any atom is -0.342 e. The number of aromatic amines is 1. The molecule has 0 amide bonds. The third-order valence-electron chi connectivity index (χ3n) is 4.48. The van der Waals surface area contributed by atoms with Gasteiger partial charge in [-0.25, -0.2) is 4.98 Å². The summed E-state index contributed by atoms with van der Waals surface area (Å²) >= 11 is 0. The monoisotopic (exact) mass is 277 g/mol. The molecule has 1 saturated carbocycles. The maximum Gasteiger partial charge on any atom is 0.109 e. The second-order valence-electron chi connectivity index (χ2n) is 6.02. The molecule has 0 bridgehead atoms. The summed E-state index contributed by atoms with van der Waals surface area (Å²) in [4.78, 5) is 12.7. The highest BCUT2D eigenvalue weighted by Crippen LogP contribution is 2.33. The van der Waals surface area contributed by atoms with Crippen molar-refractivity contribution in [1.82, 2.24) is 15.0 Å². The van der Waals surface area contributed by atoms with Gasteiger partial charge < -0.3 is 4.98 Å². The van der Waals surface area contributed by atoms with E-state index < -0.39 is 0 Å². The third kappa shape index (κ3) is 2.33. The number of hydrogen-bond acceptors (Lipinski definition) is 2. The Morgan fingerprint density at radius 1 is 1.10 bits per heavy atom. The van der Waals surface area contributed by atoms with Gasteiger partial charge in [0.25, 0.3) is 0 Å². The van der Waals surface area contributed by atoms with Crippen LogP contribution in [0.4, 0.5) is 0 Å². The van der Waals surface area contributed by atoms with Gasteiger partial charge in [0.15, 0.2) is 0 Å². The molecule has 1 N–H and O–H groups in total. The van der Waals surface area contributed by atoms with Gasteiger partial charge in [0, 0.05) is 22.6 Å². The van der Waals surface area contributed by atoms with Crippen molar-refractivity contribution < 1.29 is 0 Å². The van der Waals surface area contributed by atoms with E-state index in [0.717, 1.165) is 22.7 Å². The topological polar surface area (TPSA) is 41.6 Å². The molecule has 3 heteroatoms. The van der Waals surface area contributed by atoms with E-state index in [0.29, 0.717) is 5.92 Å². The van der Waals surface area contributed by atoms with Gasteiger partial charge in [-0.05, 0) is 38.0 Å². The Balaban J connectivity index is 1.71. The van der Waals surface area contributed by atoms with Gasteiger partial charge >= 0.3 is 0 Å². The highest BCUT2D eigenvalue weighted by Gasteiger charge is 2.20. The standard InChI is InChI=1S/C18H19N3/c1-12-6-7-14-10-15(8-9-16(14)20-12)17-11-19-18(21-17)13-4-2-3-5-13/h6-11,13H,2-5H2,1H3,(H,19,21). The van der Waals surface area contributed by atoms with E-state index in [9.17, 15) is 0 Å². The van der Waals surface area contributed by atoms with Crippen molar-refractivity contribution in [1.29, 1.82) is 0 Å². The molecule has 0 saturated heterocycles. The van der Waals surface area contributed by atoms with Gasteiger partial charge in [0.2, 0.25) is 0 Å². The summed E-state index contributed by atoms with van der Waals surface area (Å²) in [5.41, 5.74) is 4.40. The Bertz CT molecular complexity index is 782. The van der Waals surface area contributed by atoms with E-state index in [1.54, 1.807) is 0 Å². The molecule has 2 heterocycles. The maximum absolute atomic E-state index is 4.60. The molecule has 3 aromatic rings. The number of H-pyrrole nitrogens is 1. The van der Waals surface area contributed by atoms with E-state index in [1.807, 2.05) is 13.1 Å². The van der Waals surface area contributed by atoms with Crippen molar-refractivity contribution in [3.8, 4) is 11.3 Å². The van der Waals surface area contributed by atoms with Crippen molar-refractivity contribution >= 4 is 10.9 Å². The Labute approximate surface area is 124 Å². The lowest BCUT2D eigenvalue weighted by Gasteiger charge is -2.05. The zero-order valence-electron chi connectivity index (χ0n) is 12.3. The number of nitrogens with zero attached hydrogens (tertiary/aromatic N) is 2. The molecule has 21 heavy (non-hydrogen) atoms. The van der Waals surface area contributed by atoms with Crippen molar-refractivity contribution in [3.05, 3.63) is 48.0 Å². The lowest BCUT2D eigenvalue weighted by molar-refractivity contribution is 0.679. The molecule has 1 aliphatic carbocycles. The summed E-state index contributed by atoms with van der Waals surface area (Å²) < 4.78 is 0. The van der Waals surface area contributed by atoms with Crippen LogP contribution in [-0.4, -0.2) is 15.0 Å². The Hall–Kier alpha value is -2.16. The zero-order valence-corrected chi connectivity index (χ0v) is 12.3. The fourth-order valence-electron chi connectivity index (χ4n) is 3.29. The van der Waals surface area contributed by atoms with Gasteiger partial charge in [-0.2, -0.15) is 0 Å². The molecule has 1 aliphatic rings. The van der Waals surface area contributed by atoms with Crippen LogP contribution in [0.3, 0.4) is 0 Å². The van der Waals surface area contributed by atoms with E-state index in [1.165, 1.54) is 36.6 Å². The SMILES string of the molecule is Cc1ccc2cc(-c3cnc(C4CCCC4)[nH]3)ccc2n1. The Kier molecular flexibility index (Phi) is 2.99. The van der Waals surface area contributed by atoms with Gasteiger partial charge in [0.1, 0.15) is 5.82 Å². The number of pyridine rings is 1. The molecule has 1 fully saturated rings. The third-order valence-corrected chi connectivity index (χ3v) is 4.48. The van der Waals surface area contributed by atoms with E-state index in [4.69, 9.17) is 0 Å². The van der Waals surface area contributed by atoms with E-state index in [-0.39, 0.29) is 0 Å². The number of fused-ring (bicyclic) bond motifs is 1. The summed E-state index contributed by atoms with van der Waals surface area (Å²) in [7, 11) is 0. The normalized spacial score (nSPS) is 15.9. The first-order chi connectivity index (χ1) is 10.3. The van der Waals surface area contributed by atoms with E-state index in [2.05, 4.69) is 45.3 Å². The number of aromatic nitrogens is 3. The summed E-state index contributed by atoms with van der Waals surface area (Å²) in [5.74, 6) is 1.79. The predicted molar refractivity (Wildman–Crippen MR) is 85.3 cm³/mol. The summed E-state index contributed by atoms with van der Waals surface area (Å²) in [6.07, 6.45) is 7.18. The van der Waals surface area contributed by atoms with Crippen molar-refractivity contribution in [2.75, 3.05) is 0 Å². The average Bonchev–Trinajstić information content (AvgIpc) is 3.17. The van der Waals surface area contributed by atoms with Crippen LogP contribution in [0, 0.1) is 6.92 Å². The largest absolute Gasteiger partial charge is 0.342 e. The first-order valence-electron chi connectivity index (χ1n) is 7.72. The fraction of sp³-hybridized carbons (Fsp3) is 0.333. The molecular formula is C18H19N3. The van der Waals surface area contributed by atoms with Crippen molar-refractivity contribution in [2.45, 2.75) is 38.5 Å². The predicted octanol–water partition coefficient (Wildman–Crippen LogP) is 4.59. The second-order valence-corrected chi connectivity index (χ2v) is 6.02. The number of nitrogens with one attached hydrogen (secondary N) is 1. The average molecular weight is 277 g/mol. The van der Waals surface area contributed by atoms with E-state index >= 15 is 0 Å². The molecule has 0 atom stereocenters. The fourth-order valence-corrected chi connectivity index (χ4v) is 3.29. The molecule has 3 nitrogen and oxygen atoms in total. The summed E-state index contributed by atoms with van der Waals surface area (Å²) in [5, 5.41) is 1.18. The first-order valence-corrected chi connectivity index (χ1v) is 7.72. The van der Waals surface area contributed by atoms with Gasteiger partial charge in [-0.3, -0.25) is 4.98 Å². The number of imidazole rings is 1. The lowest BCUT2D eigenvalue weighted by atomic mass is 10.1. The zero-order chi connectivity index (χ0) is 14.2. The number of hydrogen-bond donors (Lipinski definition) is 1. The van der Waals surface area contributed by atoms with Gasteiger partial charge in [0.05, 0.1) is 17.4 Å². The highest BCUT2D eigenvalue weighted by molar-refractivity contribution is 5.83. The first kappa shape index (κ1) is 12.6. The van der Waals surface area contributed by atoms with Crippen LogP contribution in [0.5, 0.6) is 0 Å². The smallest absolute Gasteiger partial charge is 0.109 e. The Morgan fingerprint density at radius 3 is 2.81 bits per heavy atom. The molecule has 106 valence electrons. The van der Waals surface area contributed by atoms with Crippen LogP contribution in [0.1, 0.15) is 43.1 Å². The molecule has 0 spiro atoms. The molecular weight excluding hydrogens is 258 g/mol. The molecule has 1 aromatic carbocycles. The van der Waals surface area contributed by atoms with Gasteiger partial charge in [-0.15, -0.1) is 0 Å². The lowest BCUT2D eigenvalue weighted by Crippen LogP contribution is -1.94. The van der Waals surface area contributed by atoms with Crippen LogP contribution in [-0.2, 0) is 0 Å². The summed E-state index contributed by atoms with van der Waals surface area (Å²) in [6.45, 7) is 2.02. The van der Waals surface area contributed by atoms with Crippen LogP contribution in [0.2, 0.25) is 0 Å². The summed E-state index contributed by atoms with van der Waals surface area (Å²) in [6, 6.07) is 10.6. The molecule has 2 aromatic heterocycles. The minimum absolute atomic E-state index is 0.628.